The first-order valence-electron chi connectivity index (χ1n) is 11.2. The molecule has 0 atom stereocenters. The average Bonchev–Trinajstić information content (AvgIpc) is 3.39. The summed E-state index contributed by atoms with van der Waals surface area (Å²) in [5.74, 6) is -3.64. The van der Waals surface area contributed by atoms with E-state index in [1.807, 2.05) is 24.5 Å². The van der Waals surface area contributed by atoms with Crippen molar-refractivity contribution in [1.82, 2.24) is 14.8 Å². The molecule has 5 rings (SSSR count). The number of rotatable bonds is 4. The number of aromatic nitrogens is 3. The van der Waals surface area contributed by atoms with E-state index in [0.29, 0.717) is 53.2 Å². The van der Waals surface area contributed by atoms with E-state index in [-0.39, 0.29) is 11.8 Å². The highest BCUT2D eigenvalue weighted by atomic mass is 19.2. The summed E-state index contributed by atoms with van der Waals surface area (Å²) < 4.78 is 45.7. The molecule has 0 radical (unpaired) electrons. The molecule has 2 aromatic carbocycles. The first-order valence-corrected chi connectivity index (χ1v) is 11.2. The molecule has 2 heterocycles. The van der Waals surface area contributed by atoms with Crippen LogP contribution in [0.5, 0.6) is 0 Å². The molecule has 2 aromatic heterocycles. The fraction of sp³-hybridized carbons (Fsp3) is 0.360. The molecule has 0 aliphatic heterocycles. The van der Waals surface area contributed by atoms with Crippen LogP contribution in [0.25, 0.3) is 27.5 Å². The molecule has 172 valence electrons. The summed E-state index contributed by atoms with van der Waals surface area (Å²) >= 11 is 0. The van der Waals surface area contributed by atoms with Crippen molar-refractivity contribution in [1.29, 1.82) is 0 Å². The lowest BCUT2D eigenvalue weighted by atomic mass is 9.77. The van der Waals surface area contributed by atoms with Crippen LogP contribution in [0.1, 0.15) is 62.6 Å². The van der Waals surface area contributed by atoms with Crippen LogP contribution in [-0.2, 0) is 4.79 Å². The van der Waals surface area contributed by atoms with Crippen molar-refractivity contribution in [2.75, 3.05) is 0 Å². The van der Waals surface area contributed by atoms with E-state index in [9.17, 15) is 18.7 Å². The number of nitrogens with zero attached hydrogens (tertiary/aromatic N) is 2. The van der Waals surface area contributed by atoms with E-state index in [1.165, 1.54) is 12.3 Å². The maximum absolute atomic E-state index is 15.9. The van der Waals surface area contributed by atoms with Gasteiger partial charge in [0.2, 0.25) is 0 Å². The summed E-state index contributed by atoms with van der Waals surface area (Å²) in [5, 5.41) is 17.1. The highest BCUT2D eigenvalue weighted by Crippen LogP contribution is 2.46. The predicted octanol–water partition coefficient (Wildman–Crippen LogP) is 6.41. The van der Waals surface area contributed by atoms with Crippen LogP contribution < -0.4 is 0 Å². The summed E-state index contributed by atoms with van der Waals surface area (Å²) in [6.07, 6.45) is 3.81. The summed E-state index contributed by atoms with van der Waals surface area (Å²) in [7, 11) is 0. The van der Waals surface area contributed by atoms with Crippen LogP contribution in [0.2, 0.25) is 0 Å². The van der Waals surface area contributed by atoms with E-state index >= 15 is 4.39 Å². The maximum atomic E-state index is 15.9. The smallest absolute Gasteiger partial charge is 0.306 e. The number of benzene rings is 2. The van der Waals surface area contributed by atoms with Gasteiger partial charge in [-0.05, 0) is 61.3 Å². The molecular formula is C25H24F3N3O2. The van der Waals surface area contributed by atoms with E-state index in [2.05, 4.69) is 10.2 Å². The van der Waals surface area contributed by atoms with Gasteiger partial charge in [-0.15, -0.1) is 0 Å². The highest BCUT2D eigenvalue weighted by Gasteiger charge is 2.33. The van der Waals surface area contributed by atoms with Gasteiger partial charge in [0.25, 0.3) is 0 Å². The Morgan fingerprint density at radius 3 is 2.48 bits per heavy atom. The number of aliphatic carboxylic acids is 1. The molecule has 8 heteroatoms. The zero-order chi connectivity index (χ0) is 23.4. The van der Waals surface area contributed by atoms with E-state index in [0.717, 1.165) is 23.4 Å². The predicted molar refractivity (Wildman–Crippen MR) is 119 cm³/mol. The second kappa shape index (κ2) is 7.93. The molecule has 0 amide bonds. The third-order valence-electron chi connectivity index (χ3n) is 6.88. The molecule has 2 N–H and O–H groups in total. The molecule has 4 aromatic rings. The Balaban J connectivity index is 1.82. The number of aromatic amines is 1. The minimum Gasteiger partial charge on any atom is -0.481 e. The number of carboxylic acids is 1. The Morgan fingerprint density at radius 1 is 1.12 bits per heavy atom. The van der Waals surface area contributed by atoms with Crippen LogP contribution in [0.15, 0.2) is 30.5 Å². The molecule has 0 saturated heterocycles. The maximum Gasteiger partial charge on any atom is 0.306 e. The van der Waals surface area contributed by atoms with Crippen molar-refractivity contribution in [2.45, 2.75) is 51.4 Å². The standard InChI is InChI=1S/C25H24F3N3O2/c1-12(2)24-20(13-3-5-14(6-4-13)25(32)33)21-19(9-15-11-29-30-23(15)22(21)28)31(24)16-7-8-17(26)18(27)10-16/h7-14H,3-6H2,1-2H3,(H,29,30)(H,32,33)/t13-,14-. The number of H-pyrrole nitrogens is 1. The van der Waals surface area contributed by atoms with Gasteiger partial charge in [-0.25, -0.2) is 13.2 Å². The number of hydrogen-bond acceptors (Lipinski definition) is 2. The van der Waals surface area contributed by atoms with Crippen molar-refractivity contribution >= 4 is 27.8 Å². The number of carboxylic acid groups (broad SMARTS) is 1. The molecule has 0 bridgehead atoms. The Morgan fingerprint density at radius 2 is 1.85 bits per heavy atom. The lowest BCUT2D eigenvalue weighted by Gasteiger charge is -2.28. The van der Waals surface area contributed by atoms with Crippen molar-refractivity contribution in [3.05, 3.63) is 59.2 Å². The Labute approximate surface area is 188 Å². The van der Waals surface area contributed by atoms with Gasteiger partial charge in [0.1, 0.15) is 5.52 Å². The molecule has 1 saturated carbocycles. The van der Waals surface area contributed by atoms with Gasteiger partial charge in [-0.1, -0.05) is 13.8 Å². The molecule has 0 unspecified atom stereocenters. The van der Waals surface area contributed by atoms with Crippen LogP contribution >= 0.6 is 0 Å². The minimum absolute atomic E-state index is 0.0399. The second-order valence-electron chi connectivity index (χ2n) is 9.19. The fourth-order valence-corrected chi connectivity index (χ4v) is 5.36. The van der Waals surface area contributed by atoms with Crippen molar-refractivity contribution in [2.24, 2.45) is 5.92 Å². The first-order chi connectivity index (χ1) is 15.8. The Bertz CT molecular complexity index is 1380. The molecule has 0 spiro atoms. The summed E-state index contributed by atoms with van der Waals surface area (Å²) in [6.45, 7) is 3.98. The molecule has 1 aliphatic carbocycles. The van der Waals surface area contributed by atoms with E-state index in [1.54, 1.807) is 0 Å². The quantitative estimate of drug-likeness (QED) is 0.374. The van der Waals surface area contributed by atoms with Crippen molar-refractivity contribution in [3.63, 3.8) is 0 Å². The fourth-order valence-electron chi connectivity index (χ4n) is 5.36. The van der Waals surface area contributed by atoms with Gasteiger partial charge >= 0.3 is 5.97 Å². The molecule has 1 aliphatic rings. The third kappa shape index (κ3) is 3.39. The summed E-state index contributed by atoms with van der Waals surface area (Å²) in [5.41, 5.74) is 2.92. The number of hydrogen-bond donors (Lipinski definition) is 2. The average molecular weight is 455 g/mol. The van der Waals surface area contributed by atoms with Gasteiger partial charge in [-0.2, -0.15) is 5.10 Å². The molecule has 1 fully saturated rings. The van der Waals surface area contributed by atoms with Crippen LogP contribution in [0.4, 0.5) is 13.2 Å². The zero-order valence-corrected chi connectivity index (χ0v) is 18.3. The van der Waals surface area contributed by atoms with Gasteiger partial charge in [0, 0.05) is 28.2 Å². The van der Waals surface area contributed by atoms with Crippen LogP contribution in [0, 0.1) is 23.4 Å². The lowest BCUT2D eigenvalue weighted by molar-refractivity contribution is -0.142. The van der Waals surface area contributed by atoms with Crippen molar-refractivity contribution < 1.29 is 23.1 Å². The largest absolute Gasteiger partial charge is 0.481 e. The zero-order valence-electron chi connectivity index (χ0n) is 18.3. The molecule has 33 heavy (non-hydrogen) atoms. The third-order valence-corrected chi connectivity index (χ3v) is 6.88. The molecular weight excluding hydrogens is 431 g/mol. The SMILES string of the molecule is CC(C)c1c([C@H]2CC[C@H](C(=O)O)CC2)c2c(F)c3[nH]ncc3cc2n1-c1ccc(F)c(F)c1. The van der Waals surface area contributed by atoms with E-state index < -0.39 is 29.3 Å². The number of halogens is 3. The lowest BCUT2D eigenvalue weighted by Crippen LogP contribution is -2.21. The topological polar surface area (TPSA) is 70.9 Å². The number of fused-ring (bicyclic) bond motifs is 2. The normalized spacial score (nSPS) is 19.1. The van der Waals surface area contributed by atoms with Gasteiger partial charge in [-0.3, -0.25) is 9.89 Å². The summed E-state index contributed by atoms with van der Waals surface area (Å²) in [4.78, 5) is 11.5. The van der Waals surface area contributed by atoms with E-state index in [4.69, 9.17) is 0 Å². The van der Waals surface area contributed by atoms with Crippen LogP contribution in [0.3, 0.4) is 0 Å². The monoisotopic (exact) mass is 455 g/mol. The molecule has 5 nitrogen and oxygen atoms in total. The van der Waals surface area contributed by atoms with Crippen LogP contribution in [-0.4, -0.2) is 25.8 Å². The first kappa shape index (κ1) is 21.6. The summed E-state index contributed by atoms with van der Waals surface area (Å²) in [6, 6.07) is 5.51. The van der Waals surface area contributed by atoms with Gasteiger partial charge < -0.3 is 9.67 Å². The minimum atomic E-state index is -0.975. The van der Waals surface area contributed by atoms with Gasteiger partial charge in [0.05, 0.1) is 17.6 Å². The number of carbonyl (C=O) groups is 1. The highest BCUT2D eigenvalue weighted by molar-refractivity contribution is 5.99. The Kier molecular flexibility index (Phi) is 5.18. The number of nitrogens with one attached hydrogen (secondary N) is 1. The van der Waals surface area contributed by atoms with Gasteiger partial charge in [0.15, 0.2) is 17.5 Å². The van der Waals surface area contributed by atoms with Crippen molar-refractivity contribution in [3.8, 4) is 5.69 Å². The second-order valence-corrected chi connectivity index (χ2v) is 9.19. The Hall–Kier alpha value is -3.29.